The lowest BCUT2D eigenvalue weighted by Gasteiger charge is -2.57. The van der Waals surface area contributed by atoms with Gasteiger partial charge in [-0.15, -0.1) is 0 Å². The van der Waals surface area contributed by atoms with E-state index in [-0.39, 0.29) is 23.6 Å². The van der Waals surface area contributed by atoms with E-state index in [2.05, 4.69) is 27.7 Å². The molecule has 0 aromatic rings. The van der Waals surface area contributed by atoms with Crippen molar-refractivity contribution in [2.24, 2.45) is 5.41 Å². The van der Waals surface area contributed by atoms with Gasteiger partial charge in [0.2, 0.25) is 0 Å². The van der Waals surface area contributed by atoms with Gasteiger partial charge in [0.25, 0.3) is 0 Å². The molecular formula is C18H31N3O3. The minimum absolute atomic E-state index is 0.0478. The van der Waals surface area contributed by atoms with Crippen LogP contribution in [0.15, 0.2) is 12.2 Å². The Morgan fingerprint density at radius 2 is 2.21 bits per heavy atom. The van der Waals surface area contributed by atoms with E-state index in [1.165, 1.54) is 0 Å². The molecule has 1 saturated carbocycles. The highest BCUT2D eigenvalue weighted by Crippen LogP contribution is 2.50. The van der Waals surface area contributed by atoms with E-state index in [9.17, 15) is 4.79 Å². The van der Waals surface area contributed by atoms with E-state index >= 15 is 0 Å². The number of nitrogens with zero attached hydrogens (tertiary/aromatic N) is 1. The molecule has 1 saturated heterocycles. The molecule has 2 fully saturated rings. The fraction of sp³-hybridized carbons (Fsp3) is 0.833. The van der Waals surface area contributed by atoms with Gasteiger partial charge in [0.15, 0.2) is 0 Å². The number of rotatable bonds is 6. The summed E-state index contributed by atoms with van der Waals surface area (Å²) in [5, 5.41) is 6.19. The first-order valence-corrected chi connectivity index (χ1v) is 9.35. The first-order valence-electron chi connectivity index (χ1n) is 9.35. The summed E-state index contributed by atoms with van der Waals surface area (Å²) in [6, 6.07) is 0.157. The van der Waals surface area contributed by atoms with Crippen molar-refractivity contribution in [1.82, 2.24) is 15.5 Å². The molecule has 3 aliphatic rings. The van der Waals surface area contributed by atoms with Crippen LogP contribution in [0.25, 0.3) is 0 Å². The van der Waals surface area contributed by atoms with Crippen molar-refractivity contribution in [1.29, 1.82) is 0 Å². The van der Waals surface area contributed by atoms with Gasteiger partial charge in [0.1, 0.15) is 0 Å². The van der Waals surface area contributed by atoms with E-state index < -0.39 is 0 Å². The van der Waals surface area contributed by atoms with Gasteiger partial charge in [-0.1, -0.05) is 12.2 Å². The summed E-state index contributed by atoms with van der Waals surface area (Å²) >= 11 is 0. The van der Waals surface area contributed by atoms with E-state index in [0.717, 1.165) is 65.1 Å². The first kappa shape index (κ1) is 17.7. The fourth-order valence-electron chi connectivity index (χ4n) is 4.24. The fourth-order valence-corrected chi connectivity index (χ4v) is 4.24. The van der Waals surface area contributed by atoms with Gasteiger partial charge < -0.3 is 20.1 Å². The number of urea groups is 1. The average molecular weight is 337 g/mol. The van der Waals surface area contributed by atoms with E-state index in [0.29, 0.717) is 6.54 Å². The molecule has 0 unspecified atom stereocenters. The second kappa shape index (κ2) is 8.32. The molecule has 1 aliphatic carbocycles. The van der Waals surface area contributed by atoms with Crippen LogP contribution in [0.3, 0.4) is 0 Å². The van der Waals surface area contributed by atoms with Crippen molar-refractivity contribution in [3.63, 3.8) is 0 Å². The summed E-state index contributed by atoms with van der Waals surface area (Å²) in [5.74, 6) is 0. The minimum atomic E-state index is -0.0478. The normalized spacial score (nSPS) is 29.2. The topological polar surface area (TPSA) is 62.8 Å². The lowest BCUT2D eigenvalue weighted by atomic mass is 9.57. The Morgan fingerprint density at radius 1 is 1.38 bits per heavy atom. The summed E-state index contributed by atoms with van der Waals surface area (Å²) in [6.45, 7) is 7.98. The summed E-state index contributed by atoms with van der Waals surface area (Å²) in [4.78, 5) is 14.6. The molecular weight excluding hydrogens is 306 g/mol. The van der Waals surface area contributed by atoms with Crippen LogP contribution in [0.4, 0.5) is 4.79 Å². The molecule has 2 atom stereocenters. The zero-order valence-corrected chi connectivity index (χ0v) is 14.8. The summed E-state index contributed by atoms with van der Waals surface area (Å²) < 4.78 is 11.4. The van der Waals surface area contributed by atoms with Crippen molar-refractivity contribution in [3.05, 3.63) is 12.2 Å². The number of hydrogen-bond acceptors (Lipinski definition) is 4. The lowest BCUT2D eigenvalue weighted by Crippen LogP contribution is -2.67. The average Bonchev–Trinajstić information content (AvgIpc) is 2.62. The van der Waals surface area contributed by atoms with Crippen LogP contribution in [0, 0.1) is 5.41 Å². The maximum absolute atomic E-state index is 12.3. The molecule has 2 N–H and O–H groups in total. The maximum atomic E-state index is 12.3. The second-order valence-corrected chi connectivity index (χ2v) is 7.04. The molecule has 2 amide bonds. The third-order valence-electron chi connectivity index (χ3n) is 5.74. The standard InChI is InChI=1S/C18H31N3O3/c1-2-24-16-14-15(18(16)6-12-23-13-7-18)20-17(22)19-8-11-21-9-4-3-5-10-21/h3-4,15-16H,2,5-14H2,1H3,(H2,19,20,22)/t15-,16-/m1/s1. The second-order valence-electron chi connectivity index (χ2n) is 7.04. The van der Waals surface area contributed by atoms with E-state index in [4.69, 9.17) is 9.47 Å². The number of carbonyl (C=O) groups excluding carboxylic acids is 1. The third-order valence-corrected chi connectivity index (χ3v) is 5.74. The van der Waals surface area contributed by atoms with Crippen LogP contribution >= 0.6 is 0 Å². The Hall–Kier alpha value is -1.11. The predicted octanol–water partition coefficient (Wildman–Crippen LogP) is 1.52. The van der Waals surface area contributed by atoms with Gasteiger partial charge in [-0.05, 0) is 32.6 Å². The maximum Gasteiger partial charge on any atom is 0.315 e. The molecule has 0 aromatic carbocycles. The van der Waals surface area contributed by atoms with E-state index in [1.54, 1.807) is 0 Å². The van der Waals surface area contributed by atoms with Gasteiger partial charge >= 0.3 is 6.03 Å². The lowest BCUT2D eigenvalue weighted by molar-refractivity contribution is -0.169. The number of nitrogens with one attached hydrogen (secondary N) is 2. The van der Waals surface area contributed by atoms with Crippen molar-refractivity contribution in [2.45, 2.75) is 44.8 Å². The van der Waals surface area contributed by atoms with Gasteiger partial charge in [0, 0.05) is 57.5 Å². The van der Waals surface area contributed by atoms with Crippen LogP contribution in [-0.4, -0.2) is 69.1 Å². The van der Waals surface area contributed by atoms with Crippen LogP contribution in [0.2, 0.25) is 0 Å². The number of ether oxygens (including phenoxy) is 2. The number of hydrogen-bond donors (Lipinski definition) is 2. The Balaban J connectivity index is 1.42. The van der Waals surface area contributed by atoms with Gasteiger partial charge in [0.05, 0.1) is 6.10 Å². The van der Waals surface area contributed by atoms with Crippen molar-refractivity contribution < 1.29 is 14.3 Å². The highest BCUT2D eigenvalue weighted by molar-refractivity contribution is 5.74. The highest BCUT2D eigenvalue weighted by atomic mass is 16.5. The van der Waals surface area contributed by atoms with Gasteiger partial charge in [-0.2, -0.15) is 0 Å². The van der Waals surface area contributed by atoms with Crippen molar-refractivity contribution in [3.8, 4) is 0 Å². The quantitative estimate of drug-likeness (QED) is 0.722. The number of amides is 2. The zero-order chi connectivity index (χ0) is 16.8. The Morgan fingerprint density at radius 3 is 2.92 bits per heavy atom. The predicted molar refractivity (Wildman–Crippen MR) is 93.0 cm³/mol. The molecule has 1 spiro atoms. The number of carbonyl (C=O) groups is 1. The molecule has 2 aliphatic heterocycles. The van der Waals surface area contributed by atoms with Crippen molar-refractivity contribution in [2.75, 3.05) is 46.0 Å². The van der Waals surface area contributed by atoms with Crippen LogP contribution in [0.1, 0.15) is 32.6 Å². The molecule has 3 rings (SSSR count). The molecule has 136 valence electrons. The largest absolute Gasteiger partial charge is 0.381 e. The Bertz CT molecular complexity index is 449. The van der Waals surface area contributed by atoms with E-state index in [1.807, 2.05) is 6.92 Å². The zero-order valence-electron chi connectivity index (χ0n) is 14.8. The Labute approximate surface area is 144 Å². The third kappa shape index (κ3) is 3.92. The summed E-state index contributed by atoms with van der Waals surface area (Å²) in [7, 11) is 0. The molecule has 2 heterocycles. The molecule has 0 aromatic heterocycles. The van der Waals surface area contributed by atoms with Gasteiger partial charge in [-0.25, -0.2) is 4.79 Å². The Kier molecular flexibility index (Phi) is 6.14. The highest BCUT2D eigenvalue weighted by Gasteiger charge is 2.56. The molecule has 6 heteroatoms. The molecule has 6 nitrogen and oxygen atoms in total. The van der Waals surface area contributed by atoms with Crippen LogP contribution < -0.4 is 10.6 Å². The smallest absolute Gasteiger partial charge is 0.315 e. The minimum Gasteiger partial charge on any atom is -0.381 e. The summed E-state index contributed by atoms with van der Waals surface area (Å²) in [6.07, 6.45) is 8.65. The van der Waals surface area contributed by atoms with Gasteiger partial charge in [-0.3, -0.25) is 4.90 Å². The molecule has 0 radical (unpaired) electrons. The SMILES string of the molecule is CCO[C@@H]1C[C@@H](NC(=O)NCCN2CC=CCC2)C12CCOCC2. The summed E-state index contributed by atoms with van der Waals surface area (Å²) in [5.41, 5.74) is 0.0727. The first-order chi connectivity index (χ1) is 11.7. The monoisotopic (exact) mass is 337 g/mol. The molecule has 24 heavy (non-hydrogen) atoms. The molecule has 0 bridgehead atoms. The van der Waals surface area contributed by atoms with Crippen LogP contribution in [-0.2, 0) is 9.47 Å². The van der Waals surface area contributed by atoms with Crippen molar-refractivity contribution >= 4 is 6.03 Å². The van der Waals surface area contributed by atoms with Crippen LogP contribution in [0.5, 0.6) is 0 Å².